The Balaban J connectivity index is 0.987. The molecule has 8 heteroatoms. The second-order valence-corrected chi connectivity index (χ2v) is 11.4. The third-order valence-electron chi connectivity index (χ3n) is 8.46. The molecule has 1 aromatic carbocycles. The first-order valence-electron chi connectivity index (χ1n) is 13.1. The van der Waals surface area contributed by atoms with Gasteiger partial charge in [0.15, 0.2) is 0 Å². The molecule has 2 aliphatic carbocycles. The summed E-state index contributed by atoms with van der Waals surface area (Å²) in [6.45, 7) is 4.83. The van der Waals surface area contributed by atoms with E-state index in [1.165, 1.54) is 29.9 Å². The average molecular weight is 489 g/mol. The van der Waals surface area contributed by atoms with Crippen molar-refractivity contribution in [3.63, 3.8) is 0 Å². The molecule has 4 fully saturated rings. The van der Waals surface area contributed by atoms with E-state index in [4.69, 9.17) is 9.47 Å². The highest BCUT2D eigenvalue weighted by molar-refractivity contribution is 5.94. The van der Waals surface area contributed by atoms with Crippen molar-refractivity contribution in [2.75, 3.05) is 32.8 Å². The van der Waals surface area contributed by atoms with Gasteiger partial charge in [-0.1, -0.05) is 0 Å². The van der Waals surface area contributed by atoms with Crippen LogP contribution in [-0.4, -0.2) is 71.4 Å². The van der Waals surface area contributed by atoms with E-state index in [1.54, 1.807) is 6.07 Å². The van der Waals surface area contributed by atoms with Gasteiger partial charge in [-0.2, -0.15) is 0 Å². The molecule has 1 spiro atoms. The normalized spacial score (nSPS) is 24.8. The summed E-state index contributed by atoms with van der Waals surface area (Å²) in [7, 11) is 0. The number of piperidine rings is 1. The standard InChI is InChI=1S/C27H37FN2O5/c1-26(7-8-26)35-25(33)29-12-9-27(10-13-29)16-19(17-27)3-2-14-34-21-4-5-22(23(28)15-21)24(32)30-11-6-20(31)18-30/h4-5,15,19-20,31H,2-3,6-14,16-18H2,1H3/t20-/m1/s1. The molecule has 0 bridgehead atoms. The van der Waals surface area contributed by atoms with Crippen molar-refractivity contribution < 1.29 is 28.6 Å². The maximum Gasteiger partial charge on any atom is 0.410 e. The highest BCUT2D eigenvalue weighted by atomic mass is 19.1. The number of halogens is 1. The van der Waals surface area contributed by atoms with Crippen molar-refractivity contribution in [3.05, 3.63) is 29.6 Å². The molecule has 0 aromatic heterocycles. The topological polar surface area (TPSA) is 79.3 Å². The van der Waals surface area contributed by atoms with E-state index in [1.807, 2.05) is 11.8 Å². The number of rotatable bonds is 7. The third-order valence-corrected chi connectivity index (χ3v) is 8.46. The quantitative estimate of drug-likeness (QED) is 0.577. The van der Waals surface area contributed by atoms with Crippen molar-refractivity contribution in [1.29, 1.82) is 0 Å². The lowest BCUT2D eigenvalue weighted by Crippen LogP contribution is -2.49. The Morgan fingerprint density at radius 3 is 2.49 bits per heavy atom. The summed E-state index contributed by atoms with van der Waals surface area (Å²) < 4.78 is 25.8. The van der Waals surface area contributed by atoms with Gasteiger partial charge in [0, 0.05) is 32.2 Å². The summed E-state index contributed by atoms with van der Waals surface area (Å²) in [6, 6.07) is 4.39. The third kappa shape index (κ3) is 5.57. The highest BCUT2D eigenvalue weighted by Gasteiger charge is 2.47. The van der Waals surface area contributed by atoms with Crippen molar-refractivity contribution in [3.8, 4) is 5.75 Å². The van der Waals surface area contributed by atoms with Gasteiger partial charge in [-0.25, -0.2) is 9.18 Å². The van der Waals surface area contributed by atoms with E-state index in [2.05, 4.69) is 0 Å². The van der Waals surface area contributed by atoms with Gasteiger partial charge in [0.2, 0.25) is 0 Å². The van der Waals surface area contributed by atoms with Crippen LogP contribution in [-0.2, 0) is 4.74 Å². The number of amides is 2. The zero-order chi connectivity index (χ0) is 24.6. The molecular weight excluding hydrogens is 451 g/mol. The Morgan fingerprint density at radius 2 is 1.86 bits per heavy atom. The molecule has 0 unspecified atom stereocenters. The lowest BCUT2D eigenvalue weighted by Gasteiger charge is -2.52. The van der Waals surface area contributed by atoms with Crippen LogP contribution in [0.2, 0.25) is 0 Å². The van der Waals surface area contributed by atoms with Crippen molar-refractivity contribution in [1.82, 2.24) is 9.80 Å². The minimum absolute atomic E-state index is 0.0206. The Bertz CT molecular complexity index is 949. The fourth-order valence-corrected chi connectivity index (χ4v) is 5.91. The molecule has 2 heterocycles. The number of likely N-dealkylation sites (tertiary alicyclic amines) is 2. The molecule has 2 amide bonds. The number of carbonyl (C=O) groups excluding carboxylic acids is 2. The van der Waals surface area contributed by atoms with E-state index in [0.717, 1.165) is 51.6 Å². The molecule has 1 N–H and O–H groups in total. The maximum atomic E-state index is 14.5. The number of nitrogens with zero attached hydrogens (tertiary/aromatic N) is 2. The largest absolute Gasteiger partial charge is 0.493 e. The Kier molecular flexibility index (Phi) is 6.68. The number of aliphatic hydroxyl groups is 1. The number of benzene rings is 1. The van der Waals surface area contributed by atoms with Gasteiger partial charge in [0.25, 0.3) is 5.91 Å². The van der Waals surface area contributed by atoms with Crippen LogP contribution in [0.5, 0.6) is 5.75 Å². The van der Waals surface area contributed by atoms with Crippen molar-refractivity contribution in [2.45, 2.75) is 76.4 Å². The van der Waals surface area contributed by atoms with Gasteiger partial charge < -0.3 is 24.4 Å². The Labute approximate surface area is 206 Å². The van der Waals surface area contributed by atoms with E-state index in [0.29, 0.717) is 36.7 Å². The molecule has 1 atom stereocenters. The van der Waals surface area contributed by atoms with Crippen LogP contribution in [0.25, 0.3) is 0 Å². The summed E-state index contributed by atoms with van der Waals surface area (Å²) >= 11 is 0. The van der Waals surface area contributed by atoms with Crippen molar-refractivity contribution in [2.24, 2.45) is 11.3 Å². The SMILES string of the molecule is CC1(OC(=O)N2CCC3(CC2)CC(CCCOc2ccc(C(=O)N4CC[C@@H](O)C4)c(F)c2)C3)CC1. The van der Waals surface area contributed by atoms with Crippen LogP contribution in [0.3, 0.4) is 0 Å². The van der Waals surface area contributed by atoms with Crippen LogP contribution in [0, 0.1) is 17.2 Å². The summed E-state index contributed by atoms with van der Waals surface area (Å²) in [5.74, 6) is 0.153. The van der Waals surface area contributed by atoms with Gasteiger partial charge in [0.05, 0.1) is 18.3 Å². The number of carbonyl (C=O) groups is 2. The summed E-state index contributed by atoms with van der Waals surface area (Å²) in [4.78, 5) is 28.1. The zero-order valence-corrected chi connectivity index (χ0v) is 20.6. The lowest BCUT2D eigenvalue weighted by molar-refractivity contribution is -0.0231. The molecule has 4 aliphatic rings. The predicted octanol–water partition coefficient (Wildman–Crippen LogP) is 4.37. The van der Waals surface area contributed by atoms with Gasteiger partial charge >= 0.3 is 6.09 Å². The molecule has 35 heavy (non-hydrogen) atoms. The number of β-amino-alcohol motifs (C(OH)–C–C–N with tert-alkyl or cyclic N) is 1. The zero-order valence-electron chi connectivity index (χ0n) is 20.6. The number of hydrogen-bond acceptors (Lipinski definition) is 5. The molecule has 5 rings (SSSR count). The van der Waals surface area contributed by atoms with E-state index in [9.17, 15) is 19.1 Å². The van der Waals surface area contributed by atoms with Gasteiger partial charge in [-0.15, -0.1) is 0 Å². The van der Waals surface area contributed by atoms with Crippen molar-refractivity contribution >= 4 is 12.0 Å². The molecule has 2 saturated carbocycles. The minimum Gasteiger partial charge on any atom is -0.493 e. The van der Waals surface area contributed by atoms with E-state index >= 15 is 0 Å². The van der Waals surface area contributed by atoms with Gasteiger partial charge in [0.1, 0.15) is 17.2 Å². The maximum absolute atomic E-state index is 14.5. The average Bonchev–Trinajstić information content (AvgIpc) is 3.37. The molecular formula is C27H37FN2O5. The summed E-state index contributed by atoms with van der Waals surface area (Å²) in [6.07, 6.45) is 8.36. The fraction of sp³-hybridized carbons (Fsp3) is 0.704. The number of aliphatic hydroxyl groups excluding tert-OH is 1. The van der Waals surface area contributed by atoms with E-state index in [-0.39, 0.29) is 29.7 Å². The first kappa shape index (κ1) is 24.3. The van der Waals surface area contributed by atoms with Gasteiger partial charge in [-0.05, 0) is 88.2 Å². The minimum atomic E-state index is -0.587. The second kappa shape index (κ2) is 9.60. The van der Waals surface area contributed by atoms with Crippen LogP contribution in [0.1, 0.15) is 75.1 Å². The number of ether oxygens (including phenoxy) is 2. The van der Waals surface area contributed by atoms with E-state index < -0.39 is 11.9 Å². The molecule has 7 nitrogen and oxygen atoms in total. The second-order valence-electron chi connectivity index (χ2n) is 11.4. The molecule has 192 valence electrons. The van der Waals surface area contributed by atoms with Crippen LogP contribution in [0.15, 0.2) is 18.2 Å². The monoisotopic (exact) mass is 488 g/mol. The lowest BCUT2D eigenvalue weighted by atomic mass is 9.56. The first-order chi connectivity index (χ1) is 16.7. The molecule has 1 aromatic rings. The molecule has 2 aliphatic heterocycles. The molecule has 0 radical (unpaired) electrons. The Hall–Kier alpha value is -2.35. The predicted molar refractivity (Wildman–Crippen MR) is 128 cm³/mol. The Morgan fingerprint density at radius 1 is 1.11 bits per heavy atom. The van der Waals surface area contributed by atoms with Crippen LogP contribution in [0.4, 0.5) is 9.18 Å². The van der Waals surface area contributed by atoms with Crippen LogP contribution >= 0.6 is 0 Å². The summed E-state index contributed by atoms with van der Waals surface area (Å²) in [5, 5.41) is 9.60. The van der Waals surface area contributed by atoms with Crippen LogP contribution < -0.4 is 4.74 Å². The first-order valence-corrected chi connectivity index (χ1v) is 13.1. The summed E-state index contributed by atoms with van der Waals surface area (Å²) in [5.41, 5.74) is 0.203. The smallest absolute Gasteiger partial charge is 0.410 e. The number of hydrogen-bond donors (Lipinski definition) is 1. The molecule has 2 saturated heterocycles. The highest BCUT2D eigenvalue weighted by Crippen LogP contribution is 2.54. The fourth-order valence-electron chi connectivity index (χ4n) is 5.91. The van der Waals surface area contributed by atoms with Gasteiger partial charge in [-0.3, -0.25) is 4.79 Å².